The molecular formula is C15H15FN2O3. The van der Waals surface area contributed by atoms with E-state index in [1.165, 1.54) is 25.3 Å². The Hall–Kier alpha value is -2.63. The van der Waals surface area contributed by atoms with Crippen LogP contribution in [0.1, 0.15) is 18.5 Å². The Morgan fingerprint density at radius 1 is 1.29 bits per heavy atom. The van der Waals surface area contributed by atoms with E-state index in [-0.39, 0.29) is 17.5 Å². The van der Waals surface area contributed by atoms with Gasteiger partial charge in [0.15, 0.2) is 11.6 Å². The summed E-state index contributed by atoms with van der Waals surface area (Å²) >= 11 is 0. The normalized spacial score (nSPS) is 11.8. The molecule has 5 nitrogen and oxygen atoms in total. The molecule has 2 rings (SSSR count). The number of para-hydroxylation sites is 2. The standard InChI is InChI=1S/C15H15FN2O3/c1-10(11-7-8-15(21-2)12(16)9-11)17-13-5-3-4-6-14(13)18(19)20/h3-10,17H,1-2H3. The molecule has 110 valence electrons. The van der Waals surface area contributed by atoms with Crippen molar-refractivity contribution in [3.8, 4) is 5.75 Å². The summed E-state index contributed by atoms with van der Waals surface area (Å²) in [7, 11) is 1.40. The number of rotatable bonds is 5. The van der Waals surface area contributed by atoms with Crippen molar-refractivity contribution in [3.05, 3.63) is 64.0 Å². The molecule has 1 N–H and O–H groups in total. The first-order chi connectivity index (χ1) is 10.0. The van der Waals surface area contributed by atoms with Crippen LogP contribution in [-0.4, -0.2) is 12.0 Å². The lowest BCUT2D eigenvalue weighted by molar-refractivity contribution is -0.384. The van der Waals surface area contributed by atoms with Crippen molar-refractivity contribution in [1.82, 2.24) is 0 Å². The largest absolute Gasteiger partial charge is 0.494 e. The molecule has 2 aromatic rings. The number of methoxy groups -OCH3 is 1. The summed E-state index contributed by atoms with van der Waals surface area (Å²) < 4.78 is 18.6. The number of hydrogen-bond acceptors (Lipinski definition) is 4. The van der Waals surface area contributed by atoms with E-state index in [1.807, 2.05) is 0 Å². The predicted octanol–water partition coefficient (Wildman–Crippen LogP) is 3.92. The van der Waals surface area contributed by atoms with Crippen LogP contribution >= 0.6 is 0 Å². The van der Waals surface area contributed by atoms with E-state index in [0.29, 0.717) is 11.3 Å². The summed E-state index contributed by atoms with van der Waals surface area (Å²) in [6, 6.07) is 10.7. The van der Waals surface area contributed by atoms with Crippen molar-refractivity contribution in [2.24, 2.45) is 0 Å². The van der Waals surface area contributed by atoms with Gasteiger partial charge in [0.1, 0.15) is 5.69 Å². The number of nitrogens with one attached hydrogen (secondary N) is 1. The zero-order chi connectivity index (χ0) is 15.4. The molecule has 6 heteroatoms. The van der Waals surface area contributed by atoms with E-state index >= 15 is 0 Å². The monoisotopic (exact) mass is 290 g/mol. The Bertz CT molecular complexity index is 661. The Kier molecular flexibility index (Phi) is 4.37. The molecule has 2 aromatic carbocycles. The minimum atomic E-state index is -0.466. The summed E-state index contributed by atoms with van der Waals surface area (Å²) in [4.78, 5) is 10.5. The number of benzene rings is 2. The third kappa shape index (κ3) is 3.28. The molecule has 21 heavy (non-hydrogen) atoms. The van der Waals surface area contributed by atoms with Crippen LogP contribution in [-0.2, 0) is 0 Å². The van der Waals surface area contributed by atoms with Gasteiger partial charge in [-0.2, -0.15) is 0 Å². The van der Waals surface area contributed by atoms with Gasteiger partial charge < -0.3 is 10.1 Å². The Morgan fingerprint density at radius 2 is 2.00 bits per heavy atom. The summed E-state index contributed by atoms with van der Waals surface area (Å²) in [5.41, 5.74) is 1.05. The molecule has 0 aromatic heterocycles. The zero-order valence-corrected chi connectivity index (χ0v) is 11.7. The number of hydrogen-bond donors (Lipinski definition) is 1. The lowest BCUT2D eigenvalue weighted by Crippen LogP contribution is -2.08. The Balaban J connectivity index is 2.24. The first kappa shape index (κ1) is 14.8. The average molecular weight is 290 g/mol. The van der Waals surface area contributed by atoms with Gasteiger partial charge in [0, 0.05) is 12.1 Å². The van der Waals surface area contributed by atoms with Gasteiger partial charge in [-0.05, 0) is 30.7 Å². The second-order valence-corrected chi connectivity index (χ2v) is 4.53. The van der Waals surface area contributed by atoms with Gasteiger partial charge in [-0.3, -0.25) is 10.1 Å². The minimum Gasteiger partial charge on any atom is -0.494 e. The third-order valence-electron chi connectivity index (χ3n) is 3.15. The average Bonchev–Trinajstić information content (AvgIpc) is 2.47. The lowest BCUT2D eigenvalue weighted by atomic mass is 10.1. The molecule has 0 spiro atoms. The molecule has 0 saturated carbocycles. The molecule has 0 aliphatic rings. The van der Waals surface area contributed by atoms with Crippen LogP contribution in [0.25, 0.3) is 0 Å². The second-order valence-electron chi connectivity index (χ2n) is 4.53. The van der Waals surface area contributed by atoms with E-state index in [1.54, 1.807) is 31.2 Å². The molecule has 1 atom stereocenters. The molecule has 1 unspecified atom stereocenters. The molecule has 0 aliphatic heterocycles. The predicted molar refractivity (Wildman–Crippen MR) is 78.1 cm³/mol. The van der Waals surface area contributed by atoms with E-state index in [4.69, 9.17) is 4.74 Å². The van der Waals surface area contributed by atoms with Gasteiger partial charge in [-0.1, -0.05) is 18.2 Å². The first-order valence-electron chi connectivity index (χ1n) is 6.36. The fraction of sp³-hybridized carbons (Fsp3) is 0.200. The molecule has 0 bridgehead atoms. The summed E-state index contributed by atoms with van der Waals surface area (Å²) in [5.74, 6) is -0.303. The maximum Gasteiger partial charge on any atom is 0.292 e. The topological polar surface area (TPSA) is 64.4 Å². The number of ether oxygens (including phenoxy) is 1. The molecule has 0 saturated heterocycles. The summed E-state index contributed by atoms with van der Waals surface area (Å²) in [5, 5.41) is 14.0. The van der Waals surface area contributed by atoms with Crippen molar-refractivity contribution in [3.63, 3.8) is 0 Å². The van der Waals surface area contributed by atoms with E-state index in [2.05, 4.69) is 5.32 Å². The quantitative estimate of drug-likeness (QED) is 0.669. The highest BCUT2D eigenvalue weighted by Gasteiger charge is 2.16. The molecule has 0 radical (unpaired) electrons. The summed E-state index contributed by atoms with van der Waals surface area (Å²) in [6.45, 7) is 1.80. The maximum atomic E-state index is 13.7. The van der Waals surface area contributed by atoms with Crippen molar-refractivity contribution in [2.75, 3.05) is 12.4 Å². The first-order valence-corrected chi connectivity index (χ1v) is 6.36. The van der Waals surface area contributed by atoms with Gasteiger partial charge in [0.05, 0.1) is 12.0 Å². The van der Waals surface area contributed by atoms with Gasteiger partial charge >= 0.3 is 0 Å². The number of nitro benzene ring substituents is 1. The van der Waals surface area contributed by atoms with Crippen LogP contribution in [0.3, 0.4) is 0 Å². The number of nitrogens with zero attached hydrogens (tertiary/aromatic N) is 1. The fourth-order valence-corrected chi connectivity index (χ4v) is 2.02. The highest BCUT2D eigenvalue weighted by Crippen LogP contribution is 2.29. The maximum absolute atomic E-state index is 13.7. The molecule has 0 fully saturated rings. The highest BCUT2D eigenvalue weighted by atomic mass is 19.1. The van der Waals surface area contributed by atoms with Gasteiger partial charge in [0.2, 0.25) is 0 Å². The zero-order valence-electron chi connectivity index (χ0n) is 11.7. The van der Waals surface area contributed by atoms with Crippen LogP contribution in [0.2, 0.25) is 0 Å². The molecular weight excluding hydrogens is 275 g/mol. The van der Waals surface area contributed by atoms with Crippen LogP contribution in [0.4, 0.5) is 15.8 Å². The van der Waals surface area contributed by atoms with Gasteiger partial charge in [-0.15, -0.1) is 0 Å². The van der Waals surface area contributed by atoms with Crippen LogP contribution < -0.4 is 10.1 Å². The van der Waals surface area contributed by atoms with Gasteiger partial charge in [-0.25, -0.2) is 4.39 Å². The Morgan fingerprint density at radius 3 is 2.62 bits per heavy atom. The highest BCUT2D eigenvalue weighted by molar-refractivity contribution is 5.62. The molecule has 0 aliphatic carbocycles. The number of anilines is 1. The van der Waals surface area contributed by atoms with Crippen LogP contribution in [0.5, 0.6) is 5.75 Å². The van der Waals surface area contributed by atoms with E-state index in [9.17, 15) is 14.5 Å². The Labute approximate surface area is 121 Å². The second kappa shape index (κ2) is 6.21. The smallest absolute Gasteiger partial charge is 0.292 e. The van der Waals surface area contributed by atoms with Crippen molar-refractivity contribution >= 4 is 11.4 Å². The van der Waals surface area contributed by atoms with Crippen LogP contribution in [0.15, 0.2) is 42.5 Å². The lowest BCUT2D eigenvalue weighted by Gasteiger charge is -2.16. The molecule has 0 heterocycles. The van der Waals surface area contributed by atoms with Crippen molar-refractivity contribution in [2.45, 2.75) is 13.0 Å². The van der Waals surface area contributed by atoms with Crippen molar-refractivity contribution < 1.29 is 14.1 Å². The minimum absolute atomic E-state index is 0.0154. The van der Waals surface area contributed by atoms with Crippen LogP contribution in [0, 0.1) is 15.9 Å². The summed E-state index contributed by atoms with van der Waals surface area (Å²) in [6.07, 6.45) is 0. The third-order valence-corrected chi connectivity index (χ3v) is 3.15. The van der Waals surface area contributed by atoms with Gasteiger partial charge in [0.25, 0.3) is 5.69 Å². The van der Waals surface area contributed by atoms with E-state index < -0.39 is 10.7 Å². The number of nitro groups is 1. The number of halogens is 1. The van der Waals surface area contributed by atoms with Crippen molar-refractivity contribution in [1.29, 1.82) is 0 Å². The van der Waals surface area contributed by atoms with E-state index in [0.717, 1.165) is 0 Å². The molecule has 0 amide bonds. The SMILES string of the molecule is COc1ccc(C(C)Nc2ccccc2[N+](=O)[O-])cc1F. The fourth-order valence-electron chi connectivity index (χ4n) is 2.02.